The molecule has 2 N–H and O–H groups in total. The van der Waals surface area contributed by atoms with Crippen LogP contribution in [0.3, 0.4) is 0 Å². The predicted molar refractivity (Wildman–Crippen MR) is 79.2 cm³/mol. The summed E-state index contributed by atoms with van der Waals surface area (Å²) in [5.41, 5.74) is 0.928. The summed E-state index contributed by atoms with van der Waals surface area (Å²) in [6, 6.07) is 7.88. The molecule has 2 rings (SSSR count). The van der Waals surface area contributed by atoms with Crippen molar-refractivity contribution in [1.82, 2.24) is 0 Å². The first-order valence-corrected chi connectivity index (χ1v) is 7.56. The largest absolute Gasteiger partial charge is 0.488 e. The van der Waals surface area contributed by atoms with E-state index in [1.807, 2.05) is 24.3 Å². The Morgan fingerprint density at radius 2 is 2.00 bits per heavy atom. The van der Waals surface area contributed by atoms with Gasteiger partial charge in [0.05, 0.1) is 23.8 Å². The molecule has 3 nitrogen and oxygen atoms in total. The fourth-order valence-electron chi connectivity index (χ4n) is 2.36. The first-order chi connectivity index (χ1) is 9.29. The van der Waals surface area contributed by atoms with Crippen LogP contribution in [0.5, 0.6) is 5.75 Å². The second-order valence-corrected chi connectivity index (χ2v) is 5.37. The Hall–Kier alpha value is -0.930. The molecule has 0 bridgehead atoms. The van der Waals surface area contributed by atoms with E-state index >= 15 is 0 Å². The van der Waals surface area contributed by atoms with Gasteiger partial charge in [-0.05, 0) is 37.8 Å². The zero-order valence-electron chi connectivity index (χ0n) is 11.1. The number of rotatable bonds is 6. The van der Waals surface area contributed by atoms with E-state index < -0.39 is 6.10 Å². The third-order valence-electron chi connectivity index (χ3n) is 3.44. The van der Waals surface area contributed by atoms with Gasteiger partial charge in [0.2, 0.25) is 0 Å². The number of halogens is 1. The van der Waals surface area contributed by atoms with E-state index in [1.54, 1.807) is 0 Å². The summed E-state index contributed by atoms with van der Waals surface area (Å²) in [5, 5.41) is 12.7. The van der Waals surface area contributed by atoms with Gasteiger partial charge in [-0.3, -0.25) is 0 Å². The molecule has 4 heteroatoms. The van der Waals surface area contributed by atoms with Crippen LogP contribution in [0.2, 0.25) is 0 Å². The first-order valence-electron chi connectivity index (χ1n) is 7.03. The second kappa shape index (κ2) is 7.61. The minimum Gasteiger partial charge on any atom is -0.488 e. The Balaban J connectivity index is 1.94. The quantitative estimate of drug-likeness (QED) is 0.786. The average Bonchev–Trinajstić information content (AvgIpc) is 2.47. The summed E-state index contributed by atoms with van der Waals surface area (Å²) in [6.45, 7) is 0.439. The fraction of sp³-hybridized carbons (Fsp3) is 0.600. The monoisotopic (exact) mass is 283 g/mol. The summed E-state index contributed by atoms with van der Waals surface area (Å²) in [7, 11) is 0. The molecule has 1 fully saturated rings. The molecular weight excluding hydrogens is 262 g/mol. The summed E-state index contributed by atoms with van der Waals surface area (Å²) in [5.74, 6) is 1.11. The molecule has 1 aromatic carbocycles. The zero-order valence-corrected chi connectivity index (χ0v) is 11.9. The highest BCUT2D eigenvalue weighted by molar-refractivity contribution is 6.18. The van der Waals surface area contributed by atoms with Crippen LogP contribution < -0.4 is 10.1 Å². The summed E-state index contributed by atoms with van der Waals surface area (Å²) < 4.78 is 6.08. The maximum Gasteiger partial charge on any atom is 0.142 e. The molecular formula is C15H22ClNO2. The maximum atomic E-state index is 9.50. The molecule has 19 heavy (non-hydrogen) atoms. The van der Waals surface area contributed by atoms with Crippen molar-refractivity contribution in [2.75, 3.05) is 17.7 Å². The van der Waals surface area contributed by atoms with Gasteiger partial charge in [-0.25, -0.2) is 0 Å². The van der Waals surface area contributed by atoms with Gasteiger partial charge >= 0.3 is 0 Å². The van der Waals surface area contributed by atoms with E-state index in [4.69, 9.17) is 16.3 Å². The summed E-state index contributed by atoms with van der Waals surface area (Å²) in [4.78, 5) is 0. The highest BCUT2D eigenvalue weighted by Gasteiger charge is 2.16. The van der Waals surface area contributed by atoms with E-state index in [9.17, 15) is 5.11 Å². The van der Waals surface area contributed by atoms with Crippen LogP contribution in [0, 0.1) is 0 Å². The zero-order chi connectivity index (χ0) is 13.5. The molecule has 0 saturated heterocycles. The van der Waals surface area contributed by atoms with Crippen molar-refractivity contribution in [3.63, 3.8) is 0 Å². The van der Waals surface area contributed by atoms with Crippen LogP contribution in [-0.2, 0) is 0 Å². The first kappa shape index (κ1) is 14.5. The lowest BCUT2D eigenvalue weighted by Crippen LogP contribution is -2.23. The van der Waals surface area contributed by atoms with Crippen LogP contribution in [0.15, 0.2) is 24.3 Å². The Morgan fingerprint density at radius 1 is 1.26 bits per heavy atom. The molecule has 0 heterocycles. The predicted octanol–water partition coefficient (Wildman–Crippen LogP) is 3.41. The standard InChI is InChI=1S/C15H22ClNO2/c16-10-12(18)11-17-14-8-4-5-9-15(14)19-13-6-2-1-3-7-13/h4-5,8-9,12-13,17-18H,1-3,6-7,10-11H2. The number of hydrogen-bond acceptors (Lipinski definition) is 3. The third-order valence-corrected chi connectivity index (χ3v) is 3.80. The molecule has 1 unspecified atom stereocenters. The van der Waals surface area contributed by atoms with Gasteiger partial charge in [0.1, 0.15) is 5.75 Å². The lowest BCUT2D eigenvalue weighted by Gasteiger charge is -2.24. The molecule has 0 aromatic heterocycles. The Labute approximate surface area is 119 Å². The SMILES string of the molecule is OC(CCl)CNc1ccccc1OC1CCCCC1. The second-order valence-electron chi connectivity index (χ2n) is 5.06. The molecule has 106 valence electrons. The number of aliphatic hydroxyl groups excluding tert-OH is 1. The van der Waals surface area contributed by atoms with Crippen molar-refractivity contribution < 1.29 is 9.84 Å². The van der Waals surface area contributed by atoms with Crippen LogP contribution >= 0.6 is 11.6 Å². The van der Waals surface area contributed by atoms with E-state index in [0.29, 0.717) is 12.6 Å². The number of para-hydroxylation sites is 2. The van der Waals surface area contributed by atoms with Crippen molar-refractivity contribution in [3.8, 4) is 5.75 Å². The Morgan fingerprint density at radius 3 is 2.74 bits per heavy atom. The number of ether oxygens (including phenoxy) is 1. The third kappa shape index (κ3) is 4.59. The smallest absolute Gasteiger partial charge is 0.142 e. The number of aliphatic hydroxyl groups is 1. The highest BCUT2D eigenvalue weighted by atomic mass is 35.5. The Kier molecular flexibility index (Phi) is 5.80. The van der Waals surface area contributed by atoms with Gasteiger partial charge in [-0.15, -0.1) is 11.6 Å². The van der Waals surface area contributed by atoms with E-state index in [0.717, 1.165) is 24.3 Å². The number of benzene rings is 1. The van der Waals surface area contributed by atoms with Gasteiger partial charge in [-0.2, -0.15) is 0 Å². The van der Waals surface area contributed by atoms with Gasteiger partial charge in [0, 0.05) is 6.54 Å². The van der Waals surface area contributed by atoms with Crippen molar-refractivity contribution >= 4 is 17.3 Å². The molecule has 0 aliphatic heterocycles. The van der Waals surface area contributed by atoms with Gasteiger partial charge in [-0.1, -0.05) is 18.6 Å². The van der Waals surface area contributed by atoms with E-state index in [2.05, 4.69) is 5.32 Å². The Bertz CT molecular complexity index is 380. The lowest BCUT2D eigenvalue weighted by molar-refractivity contribution is 0.155. The molecule has 0 spiro atoms. The van der Waals surface area contributed by atoms with Crippen molar-refractivity contribution in [3.05, 3.63) is 24.3 Å². The number of alkyl halides is 1. The van der Waals surface area contributed by atoms with Crippen LogP contribution in [0.25, 0.3) is 0 Å². The lowest BCUT2D eigenvalue weighted by atomic mass is 9.98. The highest BCUT2D eigenvalue weighted by Crippen LogP contribution is 2.29. The number of anilines is 1. The van der Waals surface area contributed by atoms with Crippen molar-refractivity contribution in [2.45, 2.75) is 44.3 Å². The maximum absolute atomic E-state index is 9.50. The van der Waals surface area contributed by atoms with Crippen LogP contribution in [0.4, 0.5) is 5.69 Å². The number of hydrogen-bond donors (Lipinski definition) is 2. The van der Waals surface area contributed by atoms with Crippen LogP contribution in [0.1, 0.15) is 32.1 Å². The average molecular weight is 284 g/mol. The molecule has 1 aliphatic carbocycles. The summed E-state index contributed by atoms with van der Waals surface area (Å²) in [6.07, 6.45) is 5.90. The van der Waals surface area contributed by atoms with E-state index in [1.165, 1.54) is 19.3 Å². The molecule has 0 amide bonds. The van der Waals surface area contributed by atoms with Gasteiger partial charge in [0.25, 0.3) is 0 Å². The van der Waals surface area contributed by atoms with Gasteiger partial charge in [0.15, 0.2) is 0 Å². The normalized spacial score (nSPS) is 18.0. The van der Waals surface area contributed by atoms with Crippen LogP contribution in [-0.4, -0.2) is 29.7 Å². The molecule has 1 aromatic rings. The van der Waals surface area contributed by atoms with Crippen molar-refractivity contribution in [2.24, 2.45) is 0 Å². The molecule has 1 saturated carbocycles. The molecule has 1 aliphatic rings. The minimum absolute atomic E-state index is 0.235. The minimum atomic E-state index is -0.538. The van der Waals surface area contributed by atoms with E-state index in [-0.39, 0.29) is 5.88 Å². The topological polar surface area (TPSA) is 41.5 Å². The van der Waals surface area contributed by atoms with Gasteiger partial charge < -0.3 is 15.2 Å². The fourth-order valence-corrected chi connectivity index (χ4v) is 2.47. The molecule has 1 atom stereocenters. The van der Waals surface area contributed by atoms with Crippen molar-refractivity contribution in [1.29, 1.82) is 0 Å². The number of nitrogens with one attached hydrogen (secondary N) is 1. The summed E-state index contributed by atoms with van der Waals surface area (Å²) >= 11 is 5.59. The molecule has 0 radical (unpaired) electrons.